The molecule has 0 bridgehead atoms. The molecule has 0 heterocycles. The molecule has 0 aliphatic heterocycles. The van der Waals surface area contributed by atoms with Crippen LogP contribution in [0.3, 0.4) is 0 Å². The van der Waals surface area contributed by atoms with E-state index in [4.69, 9.17) is 23.2 Å². The maximum Gasteiger partial charge on any atom is 0.243 e. The van der Waals surface area contributed by atoms with Crippen LogP contribution in [0, 0.1) is 13.8 Å². The van der Waals surface area contributed by atoms with Gasteiger partial charge in [0.05, 0.1) is 24.8 Å². The molecule has 0 fully saturated rings. The first-order valence-corrected chi connectivity index (χ1v) is 8.20. The van der Waals surface area contributed by atoms with Crippen molar-refractivity contribution in [2.75, 3.05) is 19.8 Å². The molecule has 21 heavy (non-hydrogen) atoms. The number of sulfonamides is 1. The minimum atomic E-state index is -4.21. The summed E-state index contributed by atoms with van der Waals surface area (Å²) in [7, 11) is -4.21. The fraction of sp³-hybridized carbons (Fsp3) is 0.500. The maximum atomic E-state index is 12.5. The van der Waals surface area contributed by atoms with Crippen molar-refractivity contribution in [2.24, 2.45) is 0 Å². The van der Waals surface area contributed by atoms with Crippen molar-refractivity contribution in [2.45, 2.75) is 24.3 Å². The lowest BCUT2D eigenvalue weighted by atomic mass is 10.1. The number of aliphatic hydroxyl groups is 3. The zero-order chi connectivity index (χ0) is 16.4. The lowest BCUT2D eigenvalue weighted by Gasteiger charge is -2.29. The summed E-state index contributed by atoms with van der Waals surface area (Å²) in [6.45, 7) is 0.741. The van der Waals surface area contributed by atoms with Crippen molar-refractivity contribution in [1.29, 1.82) is 0 Å². The second kappa shape index (κ2) is 6.78. The van der Waals surface area contributed by atoms with E-state index >= 15 is 0 Å². The van der Waals surface area contributed by atoms with E-state index in [1.54, 1.807) is 6.92 Å². The van der Waals surface area contributed by atoms with E-state index in [2.05, 4.69) is 4.72 Å². The van der Waals surface area contributed by atoms with E-state index in [0.717, 1.165) is 0 Å². The molecule has 0 radical (unpaired) electrons. The highest BCUT2D eigenvalue weighted by Crippen LogP contribution is 2.33. The molecule has 0 amide bonds. The van der Waals surface area contributed by atoms with Gasteiger partial charge in [0.25, 0.3) is 0 Å². The molecule has 4 N–H and O–H groups in total. The molecule has 120 valence electrons. The third kappa shape index (κ3) is 3.68. The van der Waals surface area contributed by atoms with Gasteiger partial charge in [0, 0.05) is 5.02 Å². The van der Waals surface area contributed by atoms with Crippen LogP contribution in [-0.2, 0) is 10.0 Å². The first-order valence-electron chi connectivity index (χ1n) is 5.96. The number of hydrogen-bond acceptors (Lipinski definition) is 5. The van der Waals surface area contributed by atoms with Gasteiger partial charge >= 0.3 is 0 Å². The van der Waals surface area contributed by atoms with Gasteiger partial charge in [-0.2, -0.15) is 4.72 Å². The predicted octanol–water partition coefficient (Wildman–Crippen LogP) is 0.604. The van der Waals surface area contributed by atoms with Gasteiger partial charge in [-0.25, -0.2) is 8.42 Å². The number of rotatable bonds is 6. The Morgan fingerprint density at radius 3 is 2.05 bits per heavy atom. The lowest BCUT2D eigenvalue weighted by Crippen LogP contribution is -2.56. The minimum absolute atomic E-state index is 0.00730. The summed E-state index contributed by atoms with van der Waals surface area (Å²) in [6.07, 6.45) is 0. The number of benzene rings is 1. The largest absolute Gasteiger partial charge is 0.394 e. The molecule has 1 aromatic carbocycles. The molecule has 0 aliphatic carbocycles. The monoisotopic (exact) mass is 357 g/mol. The Kier molecular flexibility index (Phi) is 6.02. The van der Waals surface area contributed by atoms with Gasteiger partial charge in [-0.05, 0) is 31.0 Å². The first-order chi connectivity index (χ1) is 9.64. The molecule has 0 aliphatic rings. The fourth-order valence-corrected chi connectivity index (χ4v) is 4.31. The van der Waals surface area contributed by atoms with Gasteiger partial charge in [0.2, 0.25) is 10.0 Å². The Labute approximate surface area is 133 Å². The Bertz CT molecular complexity index is 595. The highest BCUT2D eigenvalue weighted by molar-refractivity contribution is 7.89. The van der Waals surface area contributed by atoms with Crippen molar-refractivity contribution in [1.82, 2.24) is 4.72 Å². The molecule has 0 aromatic heterocycles. The summed E-state index contributed by atoms with van der Waals surface area (Å²) in [5.41, 5.74) is -1.08. The predicted molar refractivity (Wildman–Crippen MR) is 80.2 cm³/mol. The van der Waals surface area contributed by atoms with Crippen molar-refractivity contribution in [3.05, 3.63) is 27.2 Å². The standard InChI is InChI=1S/C12H17Cl2NO5S/c1-7-3-9(13)8(2)11(10(7)14)21(19,20)15-12(4-16,5-17)6-18/h3,15-18H,4-6H2,1-2H3. The minimum Gasteiger partial charge on any atom is -0.394 e. The second-order valence-corrected chi connectivity index (χ2v) is 7.21. The quantitative estimate of drug-likeness (QED) is 0.596. The third-order valence-corrected chi connectivity index (χ3v) is 5.86. The van der Waals surface area contributed by atoms with Gasteiger partial charge < -0.3 is 15.3 Å². The summed E-state index contributed by atoms with van der Waals surface area (Å²) in [4.78, 5) is -0.242. The van der Waals surface area contributed by atoms with Crippen molar-refractivity contribution in [3.63, 3.8) is 0 Å². The first kappa shape index (κ1) is 18.6. The van der Waals surface area contributed by atoms with Crippen LogP contribution in [0.1, 0.15) is 11.1 Å². The van der Waals surface area contributed by atoms with E-state index < -0.39 is 35.4 Å². The lowest BCUT2D eigenvalue weighted by molar-refractivity contribution is 0.0582. The highest BCUT2D eigenvalue weighted by Gasteiger charge is 2.36. The molecule has 1 aromatic rings. The summed E-state index contributed by atoms with van der Waals surface area (Å²) >= 11 is 12.0. The van der Waals surface area contributed by atoms with E-state index in [-0.39, 0.29) is 20.5 Å². The van der Waals surface area contributed by atoms with Gasteiger partial charge in [-0.15, -0.1) is 0 Å². The number of hydrogen-bond donors (Lipinski definition) is 4. The summed E-state index contributed by atoms with van der Waals surface area (Å²) in [5, 5.41) is 27.9. The number of halogens is 2. The molecular weight excluding hydrogens is 341 g/mol. The van der Waals surface area contributed by atoms with Crippen LogP contribution < -0.4 is 4.72 Å². The maximum absolute atomic E-state index is 12.5. The average Bonchev–Trinajstić information content (AvgIpc) is 2.43. The van der Waals surface area contributed by atoms with E-state index in [1.165, 1.54) is 13.0 Å². The zero-order valence-corrected chi connectivity index (χ0v) is 13.8. The van der Waals surface area contributed by atoms with Crippen LogP contribution >= 0.6 is 23.2 Å². The topological polar surface area (TPSA) is 107 Å². The van der Waals surface area contributed by atoms with Crippen molar-refractivity contribution in [3.8, 4) is 0 Å². The van der Waals surface area contributed by atoms with Gasteiger partial charge in [0.1, 0.15) is 10.4 Å². The Hall–Kier alpha value is -0.410. The Morgan fingerprint density at radius 1 is 1.14 bits per heavy atom. The summed E-state index contributed by atoms with van der Waals surface area (Å²) < 4.78 is 27.1. The van der Waals surface area contributed by atoms with Gasteiger partial charge in [0.15, 0.2) is 0 Å². The van der Waals surface area contributed by atoms with Crippen LogP contribution in [0.5, 0.6) is 0 Å². The Morgan fingerprint density at radius 2 is 1.62 bits per heavy atom. The molecular formula is C12H17Cl2NO5S. The van der Waals surface area contributed by atoms with Crippen LogP contribution in [-0.4, -0.2) is 49.1 Å². The van der Waals surface area contributed by atoms with Crippen molar-refractivity contribution >= 4 is 33.2 Å². The van der Waals surface area contributed by atoms with Gasteiger partial charge in [-0.1, -0.05) is 23.2 Å². The number of aryl methyl sites for hydroxylation is 1. The smallest absolute Gasteiger partial charge is 0.243 e. The second-order valence-electron chi connectivity index (χ2n) is 4.80. The molecule has 1 rings (SSSR count). The number of aliphatic hydroxyl groups excluding tert-OH is 3. The molecule has 0 saturated heterocycles. The van der Waals surface area contributed by atoms with Gasteiger partial charge in [-0.3, -0.25) is 0 Å². The zero-order valence-electron chi connectivity index (χ0n) is 11.5. The molecule has 0 atom stereocenters. The number of nitrogens with one attached hydrogen (secondary N) is 1. The van der Waals surface area contributed by atoms with Crippen LogP contribution in [0.4, 0.5) is 0 Å². The van der Waals surface area contributed by atoms with E-state index in [0.29, 0.717) is 5.56 Å². The van der Waals surface area contributed by atoms with Crippen LogP contribution in [0.2, 0.25) is 10.0 Å². The van der Waals surface area contributed by atoms with Crippen LogP contribution in [0.25, 0.3) is 0 Å². The van der Waals surface area contributed by atoms with Crippen LogP contribution in [0.15, 0.2) is 11.0 Å². The highest BCUT2D eigenvalue weighted by atomic mass is 35.5. The molecule has 9 heteroatoms. The summed E-state index contributed by atoms with van der Waals surface area (Å²) in [5.74, 6) is 0. The Balaban J connectivity index is 3.46. The van der Waals surface area contributed by atoms with E-state index in [1.807, 2.05) is 0 Å². The average molecular weight is 358 g/mol. The molecule has 0 saturated carbocycles. The normalized spacial score (nSPS) is 12.7. The SMILES string of the molecule is Cc1cc(Cl)c(C)c(S(=O)(=O)NC(CO)(CO)CO)c1Cl. The summed E-state index contributed by atoms with van der Waals surface area (Å²) in [6, 6.07) is 1.54. The molecule has 6 nitrogen and oxygen atoms in total. The molecule has 0 unspecified atom stereocenters. The van der Waals surface area contributed by atoms with Crippen molar-refractivity contribution < 1.29 is 23.7 Å². The molecule has 0 spiro atoms. The van der Waals surface area contributed by atoms with E-state index in [9.17, 15) is 23.7 Å². The third-order valence-electron chi connectivity index (χ3n) is 3.12. The fourth-order valence-electron chi connectivity index (χ4n) is 1.72.